The van der Waals surface area contributed by atoms with Gasteiger partial charge in [0.15, 0.2) is 0 Å². The van der Waals surface area contributed by atoms with Gasteiger partial charge in [0.2, 0.25) is 0 Å². The van der Waals surface area contributed by atoms with E-state index in [0.717, 1.165) is 16.8 Å². The summed E-state index contributed by atoms with van der Waals surface area (Å²) in [5.74, 6) is -0.103. The molecule has 0 heterocycles. The lowest BCUT2D eigenvalue weighted by molar-refractivity contribution is 0.102. The smallest absolute Gasteiger partial charge is 0.255 e. The van der Waals surface area contributed by atoms with Crippen LogP contribution >= 0.6 is 0 Å². The second-order valence-electron chi connectivity index (χ2n) is 6.27. The Morgan fingerprint density at radius 2 is 1.71 bits per heavy atom. The van der Waals surface area contributed by atoms with Crippen LogP contribution in [0, 0.1) is 6.92 Å². The number of nitrogens with two attached hydrogens (primary N) is 1. The predicted octanol–water partition coefficient (Wildman–Crippen LogP) is 4.13. The third-order valence-corrected chi connectivity index (χ3v) is 3.60. The minimum Gasteiger partial charge on any atom is -0.398 e. The van der Waals surface area contributed by atoms with Gasteiger partial charge in [-0.15, -0.1) is 0 Å². The maximum absolute atomic E-state index is 12.6. The molecule has 0 saturated carbocycles. The van der Waals surface area contributed by atoms with Crippen LogP contribution in [-0.4, -0.2) is 5.91 Å². The fourth-order valence-electron chi connectivity index (χ4n) is 2.31. The largest absolute Gasteiger partial charge is 0.398 e. The topological polar surface area (TPSA) is 55.1 Å². The summed E-state index contributed by atoms with van der Waals surface area (Å²) in [4.78, 5) is 12.6. The first kappa shape index (κ1) is 15.1. The van der Waals surface area contributed by atoms with Gasteiger partial charge in [-0.1, -0.05) is 45.0 Å². The second kappa shape index (κ2) is 5.60. The van der Waals surface area contributed by atoms with Gasteiger partial charge >= 0.3 is 0 Å². The van der Waals surface area contributed by atoms with E-state index in [4.69, 9.17) is 5.73 Å². The van der Waals surface area contributed by atoms with Crippen molar-refractivity contribution in [2.45, 2.75) is 33.1 Å². The quantitative estimate of drug-likeness (QED) is 0.814. The van der Waals surface area contributed by atoms with Crippen molar-refractivity contribution in [2.75, 3.05) is 11.1 Å². The van der Waals surface area contributed by atoms with Crippen LogP contribution in [0.3, 0.4) is 0 Å². The van der Waals surface area contributed by atoms with Crippen LogP contribution in [0.5, 0.6) is 0 Å². The number of hydrogen-bond donors (Lipinski definition) is 2. The highest BCUT2D eigenvalue weighted by molar-refractivity contribution is 6.06. The van der Waals surface area contributed by atoms with E-state index in [-0.39, 0.29) is 11.3 Å². The molecule has 3 N–H and O–H groups in total. The molecule has 2 aromatic carbocycles. The van der Waals surface area contributed by atoms with Crippen LogP contribution in [0.1, 0.15) is 42.3 Å². The van der Waals surface area contributed by atoms with Gasteiger partial charge in [-0.05, 0) is 41.7 Å². The van der Waals surface area contributed by atoms with Crippen LogP contribution in [0.4, 0.5) is 11.4 Å². The first-order valence-electron chi connectivity index (χ1n) is 7.06. The van der Waals surface area contributed by atoms with Crippen molar-refractivity contribution in [1.29, 1.82) is 0 Å². The maximum Gasteiger partial charge on any atom is 0.255 e. The second-order valence-corrected chi connectivity index (χ2v) is 6.27. The fraction of sp³-hybridized carbons (Fsp3) is 0.278. The van der Waals surface area contributed by atoms with Crippen molar-refractivity contribution in [3.63, 3.8) is 0 Å². The lowest BCUT2D eigenvalue weighted by Crippen LogP contribution is -2.21. The summed E-state index contributed by atoms with van der Waals surface area (Å²) < 4.78 is 0. The zero-order chi connectivity index (χ0) is 15.6. The van der Waals surface area contributed by atoms with Crippen molar-refractivity contribution in [3.8, 4) is 0 Å². The van der Waals surface area contributed by atoms with E-state index >= 15 is 0 Å². The zero-order valence-electron chi connectivity index (χ0n) is 13.0. The van der Waals surface area contributed by atoms with Gasteiger partial charge in [-0.25, -0.2) is 0 Å². The summed E-state index contributed by atoms with van der Waals surface area (Å²) in [7, 11) is 0. The van der Waals surface area contributed by atoms with Crippen LogP contribution in [0.25, 0.3) is 0 Å². The molecule has 0 atom stereocenters. The highest BCUT2D eigenvalue weighted by atomic mass is 16.1. The Hall–Kier alpha value is -2.29. The molecular weight excluding hydrogens is 260 g/mol. The SMILES string of the molecule is Cc1c(N)cccc1NC(=O)c1ccccc1C(C)(C)C. The average Bonchev–Trinajstić information content (AvgIpc) is 2.43. The summed E-state index contributed by atoms with van der Waals surface area (Å²) in [5.41, 5.74) is 9.85. The molecule has 0 bridgehead atoms. The highest BCUT2D eigenvalue weighted by Gasteiger charge is 2.21. The van der Waals surface area contributed by atoms with Crippen LogP contribution in [-0.2, 0) is 5.41 Å². The van der Waals surface area contributed by atoms with E-state index in [2.05, 4.69) is 26.1 Å². The highest BCUT2D eigenvalue weighted by Crippen LogP contribution is 2.27. The minimum absolute atomic E-state index is 0.0846. The molecule has 3 heteroatoms. The third kappa shape index (κ3) is 3.24. The Kier molecular flexibility index (Phi) is 4.03. The summed E-state index contributed by atoms with van der Waals surface area (Å²) in [6.45, 7) is 8.21. The number of anilines is 2. The molecule has 3 nitrogen and oxygen atoms in total. The standard InChI is InChI=1S/C18H22N2O/c1-12-15(19)10-7-11-16(12)20-17(21)13-8-5-6-9-14(13)18(2,3)4/h5-11H,19H2,1-4H3,(H,20,21). The van der Waals surface area contributed by atoms with Gasteiger partial charge in [-0.2, -0.15) is 0 Å². The monoisotopic (exact) mass is 282 g/mol. The van der Waals surface area contributed by atoms with Crippen molar-refractivity contribution < 1.29 is 4.79 Å². The molecule has 0 fully saturated rings. The summed E-state index contributed by atoms with van der Waals surface area (Å²) in [5, 5.41) is 2.96. The van der Waals surface area contributed by atoms with Crippen LogP contribution < -0.4 is 11.1 Å². The maximum atomic E-state index is 12.6. The first-order valence-corrected chi connectivity index (χ1v) is 7.06. The number of carbonyl (C=O) groups is 1. The third-order valence-electron chi connectivity index (χ3n) is 3.60. The molecule has 0 aromatic heterocycles. The first-order chi connectivity index (χ1) is 9.80. The molecule has 1 amide bonds. The number of carbonyl (C=O) groups excluding carboxylic acids is 1. The molecule has 0 aliphatic carbocycles. The summed E-state index contributed by atoms with van der Waals surface area (Å²) >= 11 is 0. The molecule has 0 saturated heterocycles. The van der Waals surface area contributed by atoms with Crippen molar-refractivity contribution in [3.05, 3.63) is 59.2 Å². The number of nitrogens with one attached hydrogen (secondary N) is 1. The molecule has 21 heavy (non-hydrogen) atoms. The van der Waals surface area contributed by atoms with E-state index in [1.165, 1.54) is 0 Å². The number of amides is 1. The molecule has 0 radical (unpaired) electrons. The van der Waals surface area contributed by atoms with Gasteiger partial charge in [0.25, 0.3) is 5.91 Å². The van der Waals surface area contributed by atoms with Gasteiger partial charge < -0.3 is 11.1 Å². The van der Waals surface area contributed by atoms with Gasteiger partial charge in [0.1, 0.15) is 0 Å². The molecule has 0 unspecified atom stereocenters. The lowest BCUT2D eigenvalue weighted by atomic mass is 9.83. The fourth-order valence-corrected chi connectivity index (χ4v) is 2.31. The predicted molar refractivity (Wildman–Crippen MR) is 88.7 cm³/mol. The van der Waals surface area contributed by atoms with Crippen molar-refractivity contribution in [1.82, 2.24) is 0 Å². The van der Waals surface area contributed by atoms with Gasteiger partial charge in [-0.3, -0.25) is 4.79 Å². The number of benzene rings is 2. The van der Waals surface area contributed by atoms with E-state index in [1.807, 2.05) is 49.4 Å². The number of rotatable bonds is 2. The normalized spacial score (nSPS) is 11.2. The van der Waals surface area contributed by atoms with Crippen molar-refractivity contribution >= 4 is 17.3 Å². The molecular formula is C18H22N2O. The Labute approximate surface area is 126 Å². The van der Waals surface area contributed by atoms with Gasteiger partial charge in [0, 0.05) is 16.9 Å². The van der Waals surface area contributed by atoms with E-state index in [9.17, 15) is 4.79 Å². The molecule has 110 valence electrons. The Morgan fingerprint density at radius 3 is 2.38 bits per heavy atom. The summed E-state index contributed by atoms with van der Waals surface area (Å²) in [6, 6.07) is 13.2. The van der Waals surface area contributed by atoms with E-state index in [0.29, 0.717) is 11.3 Å². The van der Waals surface area contributed by atoms with E-state index < -0.39 is 0 Å². The zero-order valence-corrected chi connectivity index (χ0v) is 13.0. The Bertz CT molecular complexity index is 669. The Balaban J connectivity index is 2.36. The van der Waals surface area contributed by atoms with Crippen molar-refractivity contribution in [2.24, 2.45) is 0 Å². The van der Waals surface area contributed by atoms with Gasteiger partial charge in [0.05, 0.1) is 0 Å². The van der Waals surface area contributed by atoms with E-state index in [1.54, 1.807) is 0 Å². The molecule has 2 aromatic rings. The molecule has 0 spiro atoms. The number of nitrogen functional groups attached to an aromatic ring is 1. The number of hydrogen-bond acceptors (Lipinski definition) is 2. The molecule has 0 aliphatic rings. The minimum atomic E-state index is -0.103. The van der Waals surface area contributed by atoms with Crippen LogP contribution in [0.15, 0.2) is 42.5 Å². The average molecular weight is 282 g/mol. The molecule has 0 aliphatic heterocycles. The molecule has 2 rings (SSSR count). The lowest BCUT2D eigenvalue weighted by Gasteiger charge is -2.22. The summed E-state index contributed by atoms with van der Waals surface area (Å²) in [6.07, 6.45) is 0. The van der Waals surface area contributed by atoms with Crippen LogP contribution in [0.2, 0.25) is 0 Å². The Morgan fingerprint density at radius 1 is 1.05 bits per heavy atom.